The van der Waals surface area contributed by atoms with Crippen LogP contribution in [0.2, 0.25) is 0 Å². The number of rotatable bonds is 16. The number of hydrogen-bond acceptors (Lipinski definition) is 7. The van der Waals surface area contributed by atoms with Gasteiger partial charge in [0.1, 0.15) is 30.8 Å². The van der Waals surface area contributed by atoms with Crippen LogP contribution in [0.1, 0.15) is 66.5 Å². The van der Waals surface area contributed by atoms with Gasteiger partial charge < -0.3 is 24.8 Å². The molecular weight excluding hydrogens is 737 g/mol. The lowest BCUT2D eigenvalue weighted by Crippen LogP contribution is -2.51. The van der Waals surface area contributed by atoms with Gasteiger partial charge in [-0.15, -0.1) is 0 Å². The number of amidine groups is 1. The predicted octanol–water partition coefficient (Wildman–Crippen LogP) is 8.61. The number of hydrogen-bond donors (Lipinski definition) is 1. The van der Waals surface area contributed by atoms with E-state index in [1.807, 2.05) is 153 Å². The topological polar surface area (TPSA) is 124 Å². The molecule has 294 valence electrons. The molecule has 0 aliphatic carbocycles. The molecule has 0 saturated carbocycles. The first-order valence-corrected chi connectivity index (χ1v) is 19.2. The molecule has 57 heavy (non-hydrogen) atoms. The first-order chi connectivity index (χ1) is 27.7. The number of aliphatic imine (C=N–C) groups is 1. The van der Waals surface area contributed by atoms with Gasteiger partial charge in [-0.05, 0) is 78.9 Å². The van der Waals surface area contributed by atoms with E-state index in [4.69, 9.17) is 32.2 Å². The third-order valence-corrected chi connectivity index (χ3v) is 9.79. The number of primary amides is 1. The average molecular weight is 785 g/mol. The van der Waals surface area contributed by atoms with Crippen LogP contribution in [0, 0.1) is 0 Å². The molecule has 5 aromatic rings. The third-order valence-electron chi connectivity index (χ3n) is 9.58. The number of methoxy groups -OCH3 is 1. The Bertz CT molecular complexity index is 2040. The maximum Gasteiger partial charge on any atom is 0.415 e. The number of amides is 3. The number of nitrogens with zero attached hydrogens (tertiary/aromatic N) is 3. The molecule has 0 aromatic heterocycles. The van der Waals surface area contributed by atoms with E-state index in [-0.39, 0.29) is 49.5 Å². The zero-order chi connectivity index (χ0) is 40.6. The van der Waals surface area contributed by atoms with Crippen LogP contribution in [0.15, 0.2) is 151 Å². The van der Waals surface area contributed by atoms with Gasteiger partial charge in [-0.1, -0.05) is 133 Å². The van der Waals surface area contributed by atoms with Crippen molar-refractivity contribution in [3.63, 3.8) is 0 Å². The third kappa shape index (κ3) is 11.8. The van der Waals surface area contributed by atoms with E-state index in [0.29, 0.717) is 5.75 Å². The average Bonchev–Trinajstić information content (AvgIpc) is 3.24. The minimum Gasteiger partial charge on any atom is -0.497 e. The van der Waals surface area contributed by atoms with Crippen LogP contribution >= 0.6 is 12.2 Å². The van der Waals surface area contributed by atoms with Crippen LogP contribution in [-0.4, -0.2) is 58.4 Å². The van der Waals surface area contributed by atoms with Crippen molar-refractivity contribution < 1.29 is 28.6 Å². The van der Waals surface area contributed by atoms with Gasteiger partial charge >= 0.3 is 6.09 Å². The Hall–Kier alpha value is -6.33. The second-order valence-corrected chi connectivity index (χ2v) is 13.7. The van der Waals surface area contributed by atoms with Crippen molar-refractivity contribution in [2.24, 2.45) is 10.7 Å². The summed E-state index contributed by atoms with van der Waals surface area (Å²) < 4.78 is 16.8. The van der Waals surface area contributed by atoms with Gasteiger partial charge in [0.05, 0.1) is 19.1 Å². The van der Waals surface area contributed by atoms with Crippen molar-refractivity contribution in [3.8, 4) is 5.75 Å². The van der Waals surface area contributed by atoms with Crippen molar-refractivity contribution in [2.75, 3.05) is 13.7 Å². The van der Waals surface area contributed by atoms with E-state index < -0.39 is 30.0 Å². The smallest absolute Gasteiger partial charge is 0.415 e. The fourth-order valence-corrected chi connectivity index (χ4v) is 6.75. The van der Waals surface area contributed by atoms with E-state index in [0.717, 1.165) is 27.8 Å². The zero-order valence-electron chi connectivity index (χ0n) is 32.4. The highest BCUT2D eigenvalue weighted by Crippen LogP contribution is 2.34. The Labute approximate surface area is 339 Å². The molecule has 0 aliphatic rings. The highest BCUT2D eigenvalue weighted by Gasteiger charge is 2.38. The summed E-state index contributed by atoms with van der Waals surface area (Å²) in [6, 6.07) is 43.5. The Kier molecular flexibility index (Phi) is 15.5. The lowest BCUT2D eigenvalue weighted by molar-refractivity contribution is -0.142. The zero-order valence-corrected chi connectivity index (χ0v) is 33.2. The van der Waals surface area contributed by atoms with Gasteiger partial charge in [0, 0.05) is 6.54 Å². The second kappa shape index (κ2) is 21.1. The number of carbonyl (C=O) groups excluding carboxylic acids is 3. The highest BCUT2D eigenvalue weighted by atomic mass is 32.1. The second-order valence-electron chi connectivity index (χ2n) is 13.4. The van der Waals surface area contributed by atoms with Gasteiger partial charge in [-0.3, -0.25) is 14.5 Å². The molecule has 0 saturated heterocycles. The first kappa shape index (κ1) is 41.8. The summed E-state index contributed by atoms with van der Waals surface area (Å²) in [6.07, 6.45) is -0.281. The Morgan fingerprint density at radius 3 is 1.68 bits per heavy atom. The molecule has 3 amide bonds. The van der Waals surface area contributed by atoms with Gasteiger partial charge in [-0.2, -0.15) is 4.99 Å². The molecule has 0 aliphatic heterocycles. The largest absolute Gasteiger partial charge is 0.497 e. The van der Waals surface area contributed by atoms with Crippen LogP contribution in [0.4, 0.5) is 4.79 Å². The first-order valence-electron chi connectivity index (χ1n) is 18.8. The standard InChI is InChI=1S/C46H48N4O6S/c1-33(37-26-28-40(54-3)29-27-37)50(44(52)42(38-21-12-6-13-22-38)39-23-14-7-15-24-39)41(43(47)51)25-16-30-49(46(53)56-32-36-19-10-5-11-20-36)34(2)48-45(57)55-31-35-17-8-4-9-18-35/h4-15,17-24,26-29,33,41-42H,16,25,30-32H2,1-3H3,(H2,47,51)/t33-,41-/m1/s1. The minimum absolute atomic E-state index is 0.0321. The summed E-state index contributed by atoms with van der Waals surface area (Å²) in [5, 5.41) is -0.0508. The van der Waals surface area contributed by atoms with Gasteiger partial charge in [0.2, 0.25) is 11.8 Å². The Morgan fingerprint density at radius 2 is 1.19 bits per heavy atom. The summed E-state index contributed by atoms with van der Waals surface area (Å²) in [7, 11) is 1.58. The monoisotopic (exact) mass is 784 g/mol. The molecule has 2 N–H and O–H groups in total. The van der Waals surface area contributed by atoms with Crippen LogP contribution in [-0.2, 0) is 32.3 Å². The van der Waals surface area contributed by atoms with Gasteiger partial charge in [-0.25, -0.2) is 4.79 Å². The number of carbonyl (C=O) groups is 3. The van der Waals surface area contributed by atoms with Crippen molar-refractivity contribution >= 4 is 41.1 Å². The fourth-order valence-electron chi connectivity index (χ4n) is 6.56. The molecule has 0 bridgehead atoms. The van der Waals surface area contributed by atoms with E-state index in [9.17, 15) is 9.59 Å². The minimum atomic E-state index is -1.06. The fraction of sp³-hybridized carbons (Fsp3) is 0.239. The van der Waals surface area contributed by atoms with E-state index in [1.54, 1.807) is 18.9 Å². The van der Waals surface area contributed by atoms with E-state index in [2.05, 4.69) is 4.99 Å². The van der Waals surface area contributed by atoms with Crippen LogP contribution in [0.25, 0.3) is 0 Å². The molecule has 0 spiro atoms. The number of benzene rings is 5. The molecule has 0 fully saturated rings. The van der Waals surface area contributed by atoms with Crippen molar-refractivity contribution in [1.82, 2.24) is 9.80 Å². The lowest BCUT2D eigenvalue weighted by Gasteiger charge is -2.38. The van der Waals surface area contributed by atoms with Crippen LogP contribution < -0.4 is 10.5 Å². The highest BCUT2D eigenvalue weighted by molar-refractivity contribution is 7.80. The SMILES string of the molecule is COc1ccc([C@@H](C)N(C(=O)C(c2ccccc2)c2ccccc2)[C@H](CCCN(C(=O)OCc2ccccc2)C(C)=NC(=S)OCc2ccccc2)C(N)=O)cc1. The predicted molar refractivity (Wildman–Crippen MR) is 225 cm³/mol. The van der Waals surface area contributed by atoms with Crippen molar-refractivity contribution in [1.29, 1.82) is 0 Å². The normalized spacial score (nSPS) is 12.2. The van der Waals surface area contributed by atoms with Gasteiger partial charge in [0.15, 0.2) is 0 Å². The molecule has 0 unspecified atom stereocenters. The number of thiocarbonyl (C=S) groups is 1. The lowest BCUT2D eigenvalue weighted by atomic mass is 9.88. The molecule has 0 heterocycles. The molecule has 10 nitrogen and oxygen atoms in total. The molecule has 11 heteroatoms. The summed E-state index contributed by atoms with van der Waals surface area (Å²) >= 11 is 5.42. The molecule has 2 atom stereocenters. The summed E-state index contributed by atoms with van der Waals surface area (Å²) in [6.45, 7) is 3.83. The number of ether oxygens (including phenoxy) is 3. The molecule has 5 rings (SSSR count). The van der Waals surface area contributed by atoms with Gasteiger partial charge in [0.25, 0.3) is 5.17 Å². The molecule has 5 aromatic carbocycles. The van der Waals surface area contributed by atoms with Crippen LogP contribution in [0.5, 0.6) is 5.75 Å². The molecule has 0 radical (unpaired) electrons. The van der Waals surface area contributed by atoms with Crippen molar-refractivity contribution in [2.45, 2.75) is 57.9 Å². The Balaban J connectivity index is 1.43. The Morgan fingerprint density at radius 1 is 0.702 bits per heavy atom. The van der Waals surface area contributed by atoms with E-state index >= 15 is 4.79 Å². The quantitative estimate of drug-likeness (QED) is 0.0604. The maximum absolute atomic E-state index is 15.1. The van der Waals surface area contributed by atoms with E-state index in [1.165, 1.54) is 4.90 Å². The molecular formula is C46H48N4O6S. The summed E-state index contributed by atoms with van der Waals surface area (Å²) in [5.41, 5.74) is 10.2. The maximum atomic E-state index is 15.1. The summed E-state index contributed by atoms with van der Waals surface area (Å²) in [4.78, 5) is 49.7. The van der Waals surface area contributed by atoms with Crippen LogP contribution in [0.3, 0.4) is 0 Å². The summed E-state index contributed by atoms with van der Waals surface area (Å²) in [5.74, 6) is -0.803. The number of nitrogens with two attached hydrogens (primary N) is 1. The van der Waals surface area contributed by atoms with Crippen molar-refractivity contribution in [3.05, 3.63) is 173 Å².